The SMILES string of the molecule is COC1CCN(c2nccc(Nc3cc4c(C(C)C)ccc(N5C[C@H](CS(=O)(=O)Cc6cccc7c6C(=O)N(C6CCC(=O)NC6=O)C7=O)[C@H]5C)c4cn3)n2)CC1. The van der Waals surface area contributed by atoms with E-state index in [0.29, 0.717) is 24.1 Å². The van der Waals surface area contributed by atoms with Gasteiger partial charge in [-0.15, -0.1) is 0 Å². The summed E-state index contributed by atoms with van der Waals surface area (Å²) in [6.45, 7) is 8.47. The molecular weight excluding hydrogens is 749 g/mol. The van der Waals surface area contributed by atoms with Gasteiger partial charge in [-0.1, -0.05) is 32.0 Å². The molecule has 3 atom stereocenters. The third-order valence-corrected chi connectivity index (χ3v) is 13.5. The first-order valence-electron chi connectivity index (χ1n) is 19.4. The molecule has 0 aliphatic carbocycles. The number of anilines is 4. The van der Waals surface area contributed by atoms with Crippen molar-refractivity contribution in [2.24, 2.45) is 5.92 Å². The van der Waals surface area contributed by atoms with Crippen LogP contribution >= 0.6 is 0 Å². The Morgan fingerprint density at radius 1 is 0.965 bits per heavy atom. The van der Waals surface area contributed by atoms with Crippen LogP contribution in [-0.2, 0) is 29.9 Å². The number of benzene rings is 2. The number of hydrogen-bond acceptors (Lipinski definition) is 13. The predicted molar refractivity (Wildman–Crippen MR) is 214 cm³/mol. The maximum atomic E-state index is 13.7. The van der Waals surface area contributed by atoms with Gasteiger partial charge in [0.05, 0.1) is 28.7 Å². The summed E-state index contributed by atoms with van der Waals surface area (Å²) in [5.74, 6) is -1.08. The summed E-state index contributed by atoms with van der Waals surface area (Å²) in [4.78, 5) is 70.4. The summed E-state index contributed by atoms with van der Waals surface area (Å²) in [6.07, 6.45) is 5.72. The van der Waals surface area contributed by atoms with Gasteiger partial charge in [-0.25, -0.2) is 18.4 Å². The second-order valence-electron chi connectivity index (χ2n) is 15.7. The number of imide groups is 2. The van der Waals surface area contributed by atoms with Crippen LogP contribution in [0.3, 0.4) is 0 Å². The van der Waals surface area contributed by atoms with Crippen LogP contribution in [0, 0.1) is 5.92 Å². The van der Waals surface area contributed by atoms with Crippen molar-refractivity contribution in [3.8, 4) is 0 Å². The number of sulfone groups is 1. The smallest absolute Gasteiger partial charge is 0.262 e. The van der Waals surface area contributed by atoms with Crippen molar-refractivity contribution in [2.45, 2.75) is 76.3 Å². The highest BCUT2D eigenvalue weighted by atomic mass is 32.2. The van der Waals surface area contributed by atoms with Crippen molar-refractivity contribution in [3.05, 3.63) is 77.1 Å². The molecule has 1 unspecified atom stereocenters. The number of ether oxygens (including phenoxy) is 1. The van der Waals surface area contributed by atoms with E-state index >= 15 is 0 Å². The standard InChI is InChI=1S/C41H46N8O7S/c1-23(2)28-8-9-32(31-19-43-35(18-30(28)31)44-34-12-15-42-41(45-34)47-16-13-27(56-4)14-17-47)48-20-26(24(48)3)22-57(54,55)21-25-6-5-7-29-37(25)40(53)49(39(29)52)33-10-11-36(50)46-38(33)51/h5-9,12,15,18-19,23-24,26-27,33H,10-11,13-14,16-17,20-22H2,1-4H3,(H,46,50,51)(H,42,43,44,45)/t24-,26-,33?/m1/s1. The first-order valence-corrected chi connectivity index (χ1v) is 21.2. The number of nitrogens with zero attached hydrogens (tertiary/aromatic N) is 6. The Balaban J connectivity index is 0.966. The molecule has 8 rings (SSSR count). The number of aromatic nitrogens is 3. The van der Waals surface area contributed by atoms with E-state index in [1.165, 1.54) is 6.07 Å². The molecule has 3 saturated heterocycles. The number of rotatable bonds is 11. The Morgan fingerprint density at radius 3 is 2.47 bits per heavy atom. The monoisotopic (exact) mass is 794 g/mol. The lowest BCUT2D eigenvalue weighted by Crippen LogP contribution is -2.57. The minimum absolute atomic E-state index is 0.0000745. The van der Waals surface area contributed by atoms with Crippen LogP contribution in [-0.4, -0.2) is 103 Å². The molecule has 57 heavy (non-hydrogen) atoms. The first kappa shape index (κ1) is 38.4. The van der Waals surface area contributed by atoms with Gasteiger partial charge in [0, 0.05) is 68.6 Å². The number of carbonyl (C=O) groups excluding carboxylic acids is 4. The first-order chi connectivity index (χ1) is 27.3. The van der Waals surface area contributed by atoms with E-state index in [1.807, 2.05) is 25.3 Å². The van der Waals surface area contributed by atoms with Gasteiger partial charge in [-0.2, -0.15) is 4.98 Å². The van der Waals surface area contributed by atoms with Gasteiger partial charge >= 0.3 is 0 Å². The number of hydrogen-bond donors (Lipinski definition) is 2. The Bertz CT molecular complexity index is 2400. The molecule has 6 heterocycles. The summed E-state index contributed by atoms with van der Waals surface area (Å²) in [5, 5.41) is 7.57. The molecule has 2 aromatic carbocycles. The number of fused-ring (bicyclic) bond motifs is 2. The van der Waals surface area contributed by atoms with Gasteiger partial charge in [0.2, 0.25) is 17.8 Å². The second-order valence-corrected chi connectivity index (χ2v) is 17.8. The lowest BCUT2D eigenvalue weighted by atomic mass is 9.88. The van der Waals surface area contributed by atoms with Crippen LogP contribution in [0.5, 0.6) is 0 Å². The van der Waals surface area contributed by atoms with E-state index in [-0.39, 0.29) is 59.3 Å². The normalized spacial score (nSPS) is 21.6. The number of methoxy groups -OCH3 is 1. The molecule has 0 saturated carbocycles. The molecule has 2 N–H and O–H groups in total. The highest BCUT2D eigenvalue weighted by molar-refractivity contribution is 7.90. The Labute approximate surface area is 331 Å². The van der Waals surface area contributed by atoms with Gasteiger partial charge in [-0.3, -0.25) is 29.4 Å². The minimum atomic E-state index is -3.74. The summed E-state index contributed by atoms with van der Waals surface area (Å²) in [6, 6.07) is 11.4. The van der Waals surface area contributed by atoms with Gasteiger partial charge in [0.1, 0.15) is 17.7 Å². The topological polar surface area (TPSA) is 184 Å². The molecular formula is C41H46N8O7S. The maximum Gasteiger partial charge on any atom is 0.262 e. The maximum absolute atomic E-state index is 13.7. The van der Waals surface area contributed by atoms with E-state index in [4.69, 9.17) is 14.7 Å². The van der Waals surface area contributed by atoms with Crippen LogP contribution in [0.15, 0.2) is 54.9 Å². The molecule has 4 aromatic rings. The summed E-state index contributed by atoms with van der Waals surface area (Å²) >= 11 is 0. The summed E-state index contributed by atoms with van der Waals surface area (Å²) in [7, 11) is -1.99. The molecule has 4 amide bonds. The largest absolute Gasteiger partial charge is 0.381 e. The lowest BCUT2D eigenvalue weighted by Gasteiger charge is -2.48. The molecule has 298 valence electrons. The van der Waals surface area contributed by atoms with Gasteiger partial charge in [-0.05, 0) is 72.9 Å². The number of nitrogens with one attached hydrogen (secondary N) is 2. The highest BCUT2D eigenvalue weighted by Gasteiger charge is 2.46. The molecule has 16 heteroatoms. The zero-order valence-electron chi connectivity index (χ0n) is 32.4. The highest BCUT2D eigenvalue weighted by Crippen LogP contribution is 2.40. The minimum Gasteiger partial charge on any atom is -0.381 e. The third kappa shape index (κ3) is 7.31. The van der Waals surface area contributed by atoms with E-state index in [1.54, 1.807) is 25.4 Å². The molecule has 4 aliphatic heterocycles. The molecule has 0 radical (unpaired) electrons. The van der Waals surface area contributed by atoms with Gasteiger partial charge < -0.3 is 19.9 Å². The lowest BCUT2D eigenvalue weighted by molar-refractivity contribution is -0.136. The molecule has 15 nitrogen and oxygen atoms in total. The molecule has 3 fully saturated rings. The Kier molecular flexibility index (Phi) is 10.2. The van der Waals surface area contributed by atoms with Gasteiger partial charge in [0.25, 0.3) is 11.8 Å². The second kappa shape index (κ2) is 15.1. The van der Waals surface area contributed by atoms with Crippen LogP contribution in [0.25, 0.3) is 10.8 Å². The quantitative estimate of drug-likeness (QED) is 0.205. The van der Waals surface area contributed by atoms with Gasteiger partial charge in [0.15, 0.2) is 9.84 Å². The zero-order chi connectivity index (χ0) is 40.2. The van der Waals surface area contributed by atoms with E-state index in [9.17, 15) is 27.6 Å². The average molecular weight is 795 g/mol. The number of amides is 4. The number of carbonyl (C=O) groups is 4. The fourth-order valence-corrected chi connectivity index (χ4v) is 10.5. The molecule has 4 aliphatic rings. The fourth-order valence-electron chi connectivity index (χ4n) is 8.59. The summed E-state index contributed by atoms with van der Waals surface area (Å²) in [5.41, 5.74) is 2.41. The zero-order valence-corrected chi connectivity index (χ0v) is 33.2. The summed E-state index contributed by atoms with van der Waals surface area (Å²) < 4.78 is 33.0. The van der Waals surface area contributed by atoms with E-state index < -0.39 is 45.3 Å². The fraction of sp³-hybridized carbons (Fsp3) is 0.439. The Morgan fingerprint density at radius 2 is 1.75 bits per heavy atom. The van der Waals surface area contributed by atoms with E-state index in [2.05, 4.69) is 51.4 Å². The van der Waals surface area contributed by atoms with Crippen molar-refractivity contribution in [1.82, 2.24) is 25.2 Å². The average Bonchev–Trinajstić information content (AvgIpc) is 3.45. The Hall–Kier alpha value is -5.48. The number of piperidine rings is 2. The van der Waals surface area contributed by atoms with Crippen molar-refractivity contribution in [1.29, 1.82) is 0 Å². The molecule has 0 bridgehead atoms. The molecule has 0 spiro atoms. The van der Waals surface area contributed by atoms with Crippen molar-refractivity contribution in [2.75, 3.05) is 47.6 Å². The number of pyridine rings is 1. The van der Waals surface area contributed by atoms with Crippen LogP contribution in [0.2, 0.25) is 0 Å². The van der Waals surface area contributed by atoms with Crippen LogP contribution < -0.4 is 20.4 Å². The van der Waals surface area contributed by atoms with E-state index in [0.717, 1.165) is 52.9 Å². The van der Waals surface area contributed by atoms with Crippen molar-refractivity contribution in [3.63, 3.8) is 0 Å². The van der Waals surface area contributed by atoms with Crippen molar-refractivity contribution < 1.29 is 32.3 Å². The molecule has 2 aromatic heterocycles. The van der Waals surface area contributed by atoms with Crippen LogP contribution in [0.4, 0.5) is 23.3 Å². The third-order valence-electron chi connectivity index (χ3n) is 11.8. The predicted octanol–water partition coefficient (Wildman–Crippen LogP) is 4.35. The van der Waals surface area contributed by atoms with Crippen molar-refractivity contribution >= 4 is 67.5 Å². The van der Waals surface area contributed by atoms with Crippen LogP contribution in [0.1, 0.15) is 84.2 Å².